The number of esters is 1. The van der Waals surface area contributed by atoms with E-state index in [0.717, 1.165) is 5.57 Å². The van der Waals surface area contributed by atoms with Crippen molar-refractivity contribution in [3.63, 3.8) is 0 Å². The van der Waals surface area contributed by atoms with Gasteiger partial charge >= 0.3 is 5.97 Å². The number of hydrogen-bond donors (Lipinski definition) is 0. The Morgan fingerprint density at radius 1 is 1.50 bits per heavy atom. The van der Waals surface area contributed by atoms with E-state index in [0.29, 0.717) is 26.1 Å². The first-order valence-electron chi connectivity index (χ1n) is 5.37. The zero-order chi connectivity index (χ0) is 12.0. The van der Waals surface area contributed by atoms with Crippen LogP contribution in [0.2, 0.25) is 0 Å². The van der Waals surface area contributed by atoms with Crippen LogP contribution in [0.1, 0.15) is 20.3 Å². The molecule has 1 aliphatic rings. The van der Waals surface area contributed by atoms with E-state index in [1.807, 2.05) is 23.3 Å². The number of nitrogens with zero attached hydrogens (tertiary/aromatic N) is 1. The second-order valence-electron chi connectivity index (χ2n) is 3.76. The van der Waals surface area contributed by atoms with Crippen LogP contribution < -0.4 is 0 Å². The summed E-state index contributed by atoms with van der Waals surface area (Å²) in [4.78, 5) is 24.1. The third kappa shape index (κ3) is 4.29. The van der Waals surface area contributed by atoms with Crippen LogP contribution in [-0.2, 0) is 14.3 Å². The molecule has 0 fully saturated rings. The van der Waals surface area contributed by atoms with E-state index in [1.54, 1.807) is 13.8 Å². The highest BCUT2D eigenvalue weighted by Gasteiger charge is 2.12. The second kappa shape index (κ2) is 6.10. The molecule has 0 saturated heterocycles. The average molecular weight is 223 g/mol. The van der Waals surface area contributed by atoms with Gasteiger partial charge in [-0.05, 0) is 31.7 Å². The van der Waals surface area contributed by atoms with Crippen LogP contribution in [0.4, 0.5) is 0 Å². The number of allylic oxidation sites excluding steroid dienone is 2. The van der Waals surface area contributed by atoms with Gasteiger partial charge in [-0.2, -0.15) is 0 Å². The molecule has 88 valence electrons. The summed E-state index contributed by atoms with van der Waals surface area (Å²) >= 11 is 0. The van der Waals surface area contributed by atoms with Crippen LogP contribution in [0.15, 0.2) is 23.9 Å². The van der Waals surface area contributed by atoms with Gasteiger partial charge in [-0.15, -0.1) is 0 Å². The molecule has 0 spiro atoms. The Morgan fingerprint density at radius 3 is 2.88 bits per heavy atom. The van der Waals surface area contributed by atoms with E-state index in [1.165, 1.54) is 0 Å². The summed E-state index contributed by atoms with van der Waals surface area (Å²) in [7, 11) is 0. The first-order chi connectivity index (χ1) is 7.61. The third-order valence-electron chi connectivity index (χ3n) is 2.14. The number of ketones is 1. The first-order valence-corrected chi connectivity index (χ1v) is 5.37. The van der Waals surface area contributed by atoms with Gasteiger partial charge in [0.1, 0.15) is 5.78 Å². The Morgan fingerprint density at radius 2 is 2.25 bits per heavy atom. The number of hydrogen-bond acceptors (Lipinski definition) is 4. The van der Waals surface area contributed by atoms with E-state index in [9.17, 15) is 9.59 Å². The number of rotatable bonds is 5. The summed E-state index contributed by atoms with van der Waals surface area (Å²) in [5.41, 5.74) is 0.974. The maximum atomic E-state index is 11.3. The van der Waals surface area contributed by atoms with Crippen LogP contribution in [-0.4, -0.2) is 36.3 Å². The topological polar surface area (TPSA) is 46.6 Å². The SMILES string of the molecule is CCOC(=O)CC1=CC=CN(CC(C)=O)C1. The van der Waals surface area contributed by atoms with Gasteiger partial charge in [0, 0.05) is 6.54 Å². The Labute approximate surface area is 95.6 Å². The molecule has 0 atom stereocenters. The van der Waals surface area contributed by atoms with Crippen molar-refractivity contribution in [2.45, 2.75) is 20.3 Å². The van der Waals surface area contributed by atoms with Crippen molar-refractivity contribution in [1.29, 1.82) is 0 Å². The van der Waals surface area contributed by atoms with Gasteiger partial charge in [0.15, 0.2) is 0 Å². The molecule has 0 radical (unpaired) electrons. The Kier molecular flexibility index (Phi) is 4.76. The smallest absolute Gasteiger partial charge is 0.309 e. The van der Waals surface area contributed by atoms with Crippen molar-refractivity contribution in [1.82, 2.24) is 4.90 Å². The van der Waals surface area contributed by atoms with Crippen LogP contribution in [0, 0.1) is 0 Å². The Balaban J connectivity index is 2.45. The molecule has 0 aromatic rings. The van der Waals surface area contributed by atoms with Gasteiger partial charge in [-0.1, -0.05) is 6.08 Å². The molecule has 0 bridgehead atoms. The fraction of sp³-hybridized carbons (Fsp3) is 0.500. The number of carbonyl (C=O) groups excluding carboxylic acids is 2. The molecule has 0 saturated carbocycles. The summed E-state index contributed by atoms with van der Waals surface area (Å²) in [6.45, 7) is 4.75. The Hall–Kier alpha value is -1.58. The van der Waals surface area contributed by atoms with Gasteiger partial charge in [-0.3, -0.25) is 9.59 Å². The highest BCUT2D eigenvalue weighted by atomic mass is 16.5. The van der Waals surface area contributed by atoms with Crippen LogP contribution in [0.25, 0.3) is 0 Å². The fourth-order valence-electron chi connectivity index (χ4n) is 1.57. The maximum absolute atomic E-state index is 11.3. The van der Waals surface area contributed by atoms with Crippen molar-refractivity contribution in [3.05, 3.63) is 23.9 Å². The van der Waals surface area contributed by atoms with Crippen molar-refractivity contribution in [2.24, 2.45) is 0 Å². The zero-order valence-electron chi connectivity index (χ0n) is 9.73. The number of carbonyl (C=O) groups is 2. The lowest BCUT2D eigenvalue weighted by molar-refractivity contribution is -0.142. The number of ether oxygens (including phenoxy) is 1. The molecule has 0 N–H and O–H groups in total. The van der Waals surface area contributed by atoms with Gasteiger partial charge in [0.05, 0.1) is 19.6 Å². The highest BCUT2D eigenvalue weighted by molar-refractivity contribution is 5.78. The fourth-order valence-corrected chi connectivity index (χ4v) is 1.57. The third-order valence-corrected chi connectivity index (χ3v) is 2.14. The van der Waals surface area contributed by atoms with Crippen LogP contribution >= 0.6 is 0 Å². The highest BCUT2D eigenvalue weighted by Crippen LogP contribution is 2.11. The second-order valence-corrected chi connectivity index (χ2v) is 3.76. The van der Waals surface area contributed by atoms with E-state index in [2.05, 4.69) is 0 Å². The minimum Gasteiger partial charge on any atom is -0.466 e. The lowest BCUT2D eigenvalue weighted by Crippen LogP contribution is -2.28. The summed E-state index contributed by atoms with van der Waals surface area (Å²) in [5.74, 6) is -0.103. The Bertz CT molecular complexity index is 331. The summed E-state index contributed by atoms with van der Waals surface area (Å²) in [5, 5.41) is 0. The van der Waals surface area contributed by atoms with Crippen molar-refractivity contribution in [2.75, 3.05) is 19.7 Å². The first kappa shape index (κ1) is 12.5. The van der Waals surface area contributed by atoms with E-state index >= 15 is 0 Å². The van der Waals surface area contributed by atoms with Crippen LogP contribution in [0.3, 0.4) is 0 Å². The molecule has 0 aromatic heterocycles. The van der Waals surface area contributed by atoms with Crippen molar-refractivity contribution >= 4 is 11.8 Å². The minimum absolute atomic E-state index is 0.113. The summed E-state index contributed by atoms with van der Waals surface area (Å²) in [6.07, 6.45) is 5.90. The lowest BCUT2D eigenvalue weighted by atomic mass is 10.1. The molecular weight excluding hydrogens is 206 g/mol. The molecule has 4 heteroatoms. The van der Waals surface area contributed by atoms with Crippen LogP contribution in [0.5, 0.6) is 0 Å². The van der Waals surface area contributed by atoms with E-state index in [-0.39, 0.29) is 11.8 Å². The molecule has 0 aliphatic carbocycles. The van der Waals surface area contributed by atoms with Gasteiger partial charge < -0.3 is 9.64 Å². The molecule has 1 aliphatic heterocycles. The standard InChI is InChI=1S/C12H17NO3/c1-3-16-12(15)7-11-5-4-6-13(9-11)8-10(2)14/h4-6H,3,7-9H2,1-2H3. The molecule has 0 unspecified atom stereocenters. The van der Waals surface area contributed by atoms with Crippen molar-refractivity contribution < 1.29 is 14.3 Å². The van der Waals surface area contributed by atoms with Gasteiger partial charge in [0.2, 0.25) is 0 Å². The predicted molar refractivity (Wildman–Crippen MR) is 60.7 cm³/mol. The molecule has 1 heterocycles. The normalized spacial score (nSPS) is 14.6. The molecule has 16 heavy (non-hydrogen) atoms. The van der Waals surface area contributed by atoms with Gasteiger partial charge in [0.25, 0.3) is 0 Å². The molecule has 4 nitrogen and oxygen atoms in total. The lowest BCUT2D eigenvalue weighted by Gasteiger charge is -2.23. The maximum Gasteiger partial charge on any atom is 0.309 e. The molecule has 0 aromatic carbocycles. The van der Waals surface area contributed by atoms with E-state index in [4.69, 9.17) is 4.74 Å². The quantitative estimate of drug-likeness (QED) is 0.659. The predicted octanol–water partition coefficient (Wildman–Crippen LogP) is 1.28. The molecule has 0 amide bonds. The monoisotopic (exact) mass is 223 g/mol. The van der Waals surface area contributed by atoms with E-state index < -0.39 is 0 Å². The van der Waals surface area contributed by atoms with Gasteiger partial charge in [-0.25, -0.2) is 0 Å². The summed E-state index contributed by atoms with van der Waals surface area (Å²) in [6, 6.07) is 0. The summed E-state index contributed by atoms with van der Waals surface area (Å²) < 4.78 is 4.87. The molecule has 1 rings (SSSR count). The molecular formula is C12H17NO3. The zero-order valence-corrected chi connectivity index (χ0v) is 9.73. The number of Topliss-reactive ketones (excluding diaryl/α,β-unsaturated/α-hetero) is 1. The average Bonchev–Trinajstić information content (AvgIpc) is 2.17. The van der Waals surface area contributed by atoms with Crippen molar-refractivity contribution in [3.8, 4) is 0 Å². The minimum atomic E-state index is -0.216. The largest absolute Gasteiger partial charge is 0.466 e.